The Bertz CT molecular complexity index is 1990. The third-order valence-electron chi connectivity index (χ3n) is 9.71. The molecule has 0 bridgehead atoms. The monoisotopic (exact) mass is 663 g/mol. The van der Waals surface area contributed by atoms with Crippen LogP contribution in [0, 0.1) is 17.6 Å². The Morgan fingerprint density at radius 2 is 1.96 bits per heavy atom. The van der Waals surface area contributed by atoms with E-state index in [4.69, 9.17) is 31.9 Å². The van der Waals surface area contributed by atoms with Gasteiger partial charge in [0, 0.05) is 28.3 Å². The molecule has 3 heterocycles. The third kappa shape index (κ3) is 5.09. The molecule has 2 aromatic heterocycles. The van der Waals surface area contributed by atoms with Gasteiger partial charge in [0.2, 0.25) is 5.91 Å². The summed E-state index contributed by atoms with van der Waals surface area (Å²) in [6.45, 7) is 1.21. The number of pyridine rings is 1. The lowest BCUT2D eigenvalue weighted by atomic mass is 9.81. The van der Waals surface area contributed by atoms with Crippen molar-refractivity contribution in [3.05, 3.63) is 70.0 Å². The van der Waals surface area contributed by atoms with E-state index in [0.717, 1.165) is 37.1 Å². The summed E-state index contributed by atoms with van der Waals surface area (Å²) in [4.78, 5) is 31.0. The van der Waals surface area contributed by atoms with E-state index in [9.17, 15) is 19.1 Å². The molecule has 10 nitrogen and oxygen atoms in total. The first kappa shape index (κ1) is 30.1. The fourth-order valence-electron chi connectivity index (χ4n) is 6.26. The number of rotatable bonds is 10. The zero-order valence-corrected chi connectivity index (χ0v) is 26.2. The molecule has 4 aromatic rings. The van der Waals surface area contributed by atoms with Crippen LogP contribution in [0.4, 0.5) is 8.78 Å². The van der Waals surface area contributed by atoms with Gasteiger partial charge < -0.3 is 25.6 Å². The van der Waals surface area contributed by atoms with E-state index in [2.05, 4.69) is 10.3 Å². The Balaban J connectivity index is 1.17. The second kappa shape index (κ2) is 10.6. The number of amides is 2. The molecule has 4 aliphatic rings. The molecule has 2 amide bonds. The van der Waals surface area contributed by atoms with Crippen LogP contribution in [0.1, 0.15) is 73.1 Å². The van der Waals surface area contributed by atoms with Gasteiger partial charge >= 0.3 is 0 Å². The van der Waals surface area contributed by atoms with Crippen molar-refractivity contribution in [2.24, 2.45) is 11.7 Å². The lowest BCUT2D eigenvalue weighted by Gasteiger charge is -2.30. The van der Waals surface area contributed by atoms with E-state index in [-0.39, 0.29) is 47.9 Å². The van der Waals surface area contributed by atoms with Crippen LogP contribution in [0.3, 0.4) is 0 Å². The number of halogens is 3. The van der Waals surface area contributed by atoms with E-state index < -0.39 is 39.5 Å². The first-order chi connectivity index (χ1) is 22.5. The number of aliphatic hydroxyl groups is 1. The van der Waals surface area contributed by atoms with Gasteiger partial charge in [-0.3, -0.25) is 14.3 Å². The number of primary amides is 1. The molecule has 0 radical (unpaired) electrons. The molecule has 3 fully saturated rings. The molecular formula is C34H32ClF2N5O5. The van der Waals surface area contributed by atoms with Crippen LogP contribution in [0.25, 0.3) is 22.2 Å². The minimum atomic E-state index is -1.71. The summed E-state index contributed by atoms with van der Waals surface area (Å²) in [5.41, 5.74) is 3.96. The molecule has 2 atom stereocenters. The molecule has 4 N–H and O–H groups in total. The van der Waals surface area contributed by atoms with Crippen LogP contribution < -0.4 is 20.5 Å². The number of carbonyl (C=O) groups is 2. The summed E-state index contributed by atoms with van der Waals surface area (Å²) < 4.78 is 43.4. The highest BCUT2D eigenvalue weighted by atomic mass is 35.5. The maximum absolute atomic E-state index is 15.4. The zero-order chi connectivity index (χ0) is 32.8. The minimum Gasteiger partial charge on any atom is -0.489 e. The fourth-order valence-corrected chi connectivity index (χ4v) is 6.42. The van der Waals surface area contributed by atoms with Gasteiger partial charge in [-0.2, -0.15) is 5.10 Å². The number of carbonyl (C=O) groups excluding carboxylic acids is 2. The first-order valence-electron chi connectivity index (χ1n) is 15.8. The molecule has 47 heavy (non-hydrogen) atoms. The van der Waals surface area contributed by atoms with Crippen LogP contribution in [0.2, 0.25) is 5.02 Å². The number of hydrogen-bond acceptors (Lipinski definition) is 7. The summed E-state index contributed by atoms with van der Waals surface area (Å²) in [5, 5.41) is 19.9. The Kier molecular flexibility index (Phi) is 6.79. The van der Waals surface area contributed by atoms with Crippen LogP contribution in [-0.2, 0) is 15.8 Å². The van der Waals surface area contributed by atoms with Gasteiger partial charge in [0.25, 0.3) is 5.91 Å². The predicted molar refractivity (Wildman–Crippen MR) is 167 cm³/mol. The Morgan fingerprint density at radius 3 is 2.64 bits per heavy atom. The van der Waals surface area contributed by atoms with Gasteiger partial charge in [0.05, 0.1) is 24.4 Å². The van der Waals surface area contributed by atoms with E-state index in [1.54, 1.807) is 19.1 Å². The van der Waals surface area contributed by atoms with Crippen molar-refractivity contribution in [3.8, 4) is 22.8 Å². The largest absolute Gasteiger partial charge is 0.489 e. The fraction of sp³-hybridized carbons (Fsp3) is 0.412. The normalized spacial score (nSPS) is 21.6. The van der Waals surface area contributed by atoms with Crippen LogP contribution >= 0.6 is 11.6 Å². The van der Waals surface area contributed by atoms with E-state index in [1.165, 1.54) is 12.1 Å². The summed E-state index contributed by atoms with van der Waals surface area (Å²) in [6, 6.07) is 7.50. The summed E-state index contributed by atoms with van der Waals surface area (Å²) >= 11 is 5.92. The van der Waals surface area contributed by atoms with Gasteiger partial charge in [-0.1, -0.05) is 11.6 Å². The van der Waals surface area contributed by atoms with Crippen molar-refractivity contribution in [3.63, 3.8) is 0 Å². The molecule has 8 rings (SSSR count). The molecule has 3 saturated carbocycles. The van der Waals surface area contributed by atoms with Crippen molar-refractivity contribution >= 4 is 34.3 Å². The second-order valence-electron chi connectivity index (χ2n) is 13.4. The summed E-state index contributed by atoms with van der Waals surface area (Å²) in [5.74, 6) is -2.81. The Hall–Kier alpha value is -4.29. The highest BCUT2D eigenvalue weighted by molar-refractivity contribution is 6.31. The number of nitrogens with zero attached hydrogens (tertiary/aromatic N) is 3. The number of nitrogens with two attached hydrogens (primary N) is 1. The lowest BCUT2D eigenvalue weighted by Crippen LogP contribution is -2.44. The second-order valence-corrected chi connectivity index (χ2v) is 13.8. The number of benzene rings is 2. The maximum atomic E-state index is 15.4. The Morgan fingerprint density at radius 1 is 1.19 bits per heavy atom. The van der Waals surface area contributed by atoms with E-state index in [1.807, 2.05) is 10.9 Å². The van der Waals surface area contributed by atoms with Crippen LogP contribution in [0.15, 0.2) is 36.5 Å². The van der Waals surface area contributed by atoms with Gasteiger partial charge in [-0.15, -0.1) is 0 Å². The molecular weight excluding hydrogens is 632 g/mol. The quantitative estimate of drug-likeness (QED) is 0.201. The Labute approximate surface area is 273 Å². The minimum absolute atomic E-state index is 0.0627. The average Bonchev–Trinajstić information content (AvgIpc) is 3.93. The molecule has 2 aromatic carbocycles. The highest BCUT2D eigenvalue weighted by Crippen LogP contribution is 2.50. The molecule has 13 heteroatoms. The average molecular weight is 664 g/mol. The number of fused-ring (bicyclic) bond motifs is 2. The van der Waals surface area contributed by atoms with Crippen molar-refractivity contribution in [2.45, 2.75) is 68.6 Å². The standard InChI is InChI=1S/C34H32ClF2N5O5/c1-33(32(38)44)15-46-30-22(33)12-25(40-29(30)21-8-9-23(36)26(35)27(21)37)34(45,18-2-3-18)14-39-31(43)16-10-17-13-42(19-4-5-19)41-28(17)24(11-16)47-20-6-7-20/h8-13,18-20,45H,2-7,14-15H2,1H3,(H2,38,44)(H,39,43)/t33-,34?/m0/s1. The highest BCUT2D eigenvalue weighted by Gasteiger charge is 2.50. The van der Waals surface area contributed by atoms with Gasteiger partial charge in [-0.25, -0.2) is 13.8 Å². The SMILES string of the molecule is C[C@]1(C(N)=O)COc2c1cc(C(O)(CNC(=O)c1cc(OC3CC3)c3nn(C4CC4)cc3c1)C1CC1)nc2-c1ccc(F)c(Cl)c1F. The molecule has 0 saturated heterocycles. The van der Waals surface area contributed by atoms with E-state index >= 15 is 4.39 Å². The number of hydrogen-bond donors (Lipinski definition) is 3. The van der Waals surface area contributed by atoms with Crippen molar-refractivity contribution in [1.29, 1.82) is 0 Å². The molecule has 1 unspecified atom stereocenters. The predicted octanol–water partition coefficient (Wildman–Crippen LogP) is 5.07. The van der Waals surface area contributed by atoms with Gasteiger partial charge in [0.15, 0.2) is 5.82 Å². The molecule has 244 valence electrons. The topological polar surface area (TPSA) is 142 Å². The van der Waals surface area contributed by atoms with Crippen molar-refractivity contribution < 1.29 is 33.0 Å². The summed E-state index contributed by atoms with van der Waals surface area (Å²) in [6.07, 6.45) is 7.32. The number of nitrogens with one attached hydrogen (secondary N) is 1. The van der Waals surface area contributed by atoms with Crippen molar-refractivity contribution in [1.82, 2.24) is 20.1 Å². The number of aromatic nitrogens is 3. The molecule has 3 aliphatic carbocycles. The van der Waals surface area contributed by atoms with Gasteiger partial charge in [-0.05, 0) is 81.7 Å². The van der Waals surface area contributed by atoms with Gasteiger partial charge in [0.1, 0.15) is 51.2 Å². The third-order valence-corrected chi connectivity index (χ3v) is 10.1. The lowest BCUT2D eigenvalue weighted by molar-refractivity contribution is -0.123. The molecule has 1 aliphatic heterocycles. The van der Waals surface area contributed by atoms with Crippen molar-refractivity contribution in [2.75, 3.05) is 13.2 Å². The van der Waals surface area contributed by atoms with Crippen LogP contribution in [-0.4, -0.2) is 50.9 Å². The zero-order valence-electron chi connectivity index (χ0n) is 25.5. The van der Waals surface area contributed by atoms with E-state index in [0.29, 0.717) is 41.3 Å². The van der Waals surface area contributed by atoms with Crippen LogP contribution in [0.5, 0.6) is 11.5 Å². The maximum Gasteiger partial charge on any atom is 0.251 e. The summed E-state index contributed by atoms with van der Waals surface area (Å²) in [7, 11) is 0. The molecule has 0 spiro atoms. The smallest absolute Gasteiger partial charge is 0.251 e. The first-order valence-corrected chi connectivity index (χ1v) is 16.2. The number of ether oxygens (including phenoxy) is 2.